The van der Waals surface area contributed by atoms with Crippen LogP contribution in [0.5, 0.6) is 0 Å². The molecule has 0 bridgehead atoms. The number of aliphatic hydroxyl groups excluding tert-OH is 1. The average molecular weight is 306 g/mol. The van der Waals surface area contributed by atoms with Crippen molar-refractivity contribution in [3.8, 4) is 0 Å². The summed E-state index contributed by atoms with van der Waals surface area (Å²) >= 11 is 2.57. The third-order valence-corrected chi connectivity index (χ3v) is 62.0. The molecule has 1 N–H and O–H groups in total. The van der Waals surface area contributed by atoms with Gasteiger partial charge < -0.3 is 5.11 Å². The van der Waals surface area contributed by atoms with E-state index in [-0.39, 0.29) is 0 Å². The molecule has 0 aliphatic carbocycles. The van der Waals surface area contributed by atoms with Gasteiger partial charge in [-0.25, -0.2) is 0 Å². The molecule has 0 radical (unpaired) electrons. The summed E-state index contributed by atoms with van der Waals surface area (Å²) in [4.78, 5) is 13.6. The third-order valence-electron chi connectivity index (χ3n) is 15.0. The van der Waals surface area contributed by atoms with Gasteiger partial charge in [0.15, 0.2) is 0 Å². The minimum atomic E-state index is -2.70. The van der Waals surface area contributed by atoms with E-state index < -0.39 is 6.51 Å². The van der Waals surface area contributed by atoms with Crippen LogP contribution in [0.2, 0.25) is 43.3 Å². The van der Waals surface area contributed by atoms with Gasteiger partial charge in [-0.1, -0.05) is 0 Å². The molecule has 0 saturated carbocycles. The van der Waals surface area contributed by atoms with Gasteiger partial charge in [-0.15, -0.1) is 0 Å². The Morgan fingerprint density at radius 1 is 0.833 bits per heavy atom. The summed E-state index contributed by atoms with van der Waals surface area (Å²) in [6.07, 6.45) is 0. The van der Waals surface area contributed by atoms with Crippen LogP contribution in [0.1, 0.15) is 20.8 Å². The van der Waals surface area contributed by atoms with Gasteiger partial charge in [0.25, 0.3) is 0 Å². The van der Waals surface area contributed by atoms with E-state index in [4.69, 9.17) is 5.11 Å². The first-order valence-electron chi connectivity index (χ1n) is 7.61. The Balaban J connectivity index is 0.000000327. The zero-order valence-electron chi connectivity index (χ0n) is 11.4. The SMILES string of the molecule is CC(C)(C)S[C]12[CH]3[CH]4[CH]5[CH]1[Fe]45321678[CH]2[CH]1[CH]6[CH]7[CH]28.CO. The van der Waals surface area contributed by atoms with E-state index in [1.807, 2.05) is 0 Å². The van der Waals surface area contributed by atoms with Crippen LogP contribution in [0.25, 0.3) is 0 Å². The van der Waals surface area contributed by atoms with Crippen molar-refractivity contribution in [2.75, 3.05) is 7.11 Å². The van der Waals surface area contributed by atoms with E-state index in [0.29, 0.717) is 4.75 Å². The normalized spacial score (nSPS) is 113. The molecule has 10 heterocycles. The second-order valence-electron chi connectivity index (χ2n) is 11.8. The molecule has 10 aliphatic rings. The molecule has 10 aliphatic heterocycles. The van der Waals surface area contributed by atoms with Crippen molar-refractivity contribution in [2.24, 2.45) is 0 Å². The first kappa shape index (κ1) is 8.32. The topological polar surface area (TPSA) is 20.2 Å². The van der Waals surface area contributed by atoms with Crippen LogP contribution in [0.3, 0.4) is 0 Å². The molecule has 4 atom stereocenters. The molecule has 0 aromatic carbocycles. The Morgan fingerprint density at radius 3 is 1.39 bits per heavy atom. The predicted molar refractivity (Wildman–Crippen MR) is 72.0 cm³/mol. The molecule has 3 heteroatoms. The van der Waals surface area contributed by atoms with Gasteiger partial charge in [-0.3, -0.25) is 0 Å². The molecule has 1 nitrogen and oxygen atoms in total. The summed E-state index contributed by atoms with van der Waals surface area (Å²) < 4.78 is 1.66. The molecular formula is C15H22FeOS. The van der Waals surface area contributed by atoms with Crippen LogP contribution < -0.4 is 0 Å². The van der Waals surface area contributed by atoms with Crippen LogP contribution in [-0.4, -0.2) is 20.6 Å². The number of aliphatic hydroxyl groups is 1. The van der Waals surface area contributed by atoms with Crippen molar-refractivity contribution in [1.29, 1.82) is 0 Å². The Morgan fingerprint density at radius 2 is 1.22 bits per heavy atom. The molecule has 102 valence electrons. The first-order chi connectivity index (χ1) is 8.25. The van der Waals surface area contributed by atoms with Crippen molar-refractivity contribution in [1.82, 2.24) is 0 Å². The van der Waals surface area contributed by atoms with Gasteiger partial charge in [-0.2, -0.15) is 0 Å². The smallest absolute Gasteiger partial charge is 0.0319 e. The maximum absolute atomic E-state index is 7.00. The molecule has 1 spiro atoms. The zero-order chi connectivity index (χ0) is 12.2. The summed E-state index contributed by atoms with van der Waals surface area (Å²) in [7, 11) is 1.00. The number of hydrogen-bond acceptors (Lipinski definition) is 2. The summed E-state index contributed by atoms with van der Waals surface area (Å²) in [5.74, 6) is 0. The number of rotatable bonds is 1. The Labute approximate surface area is 103 Å². The molecule has 10 saturated heterocycles. The number of hydrogen-bond donors (Lipinski definition) is 1. The Bertz CT molecular complexity index is 861. The van der Waals surface area contributed by atoms with E-state index in [2.05, 4.69) is 32.5 Å². The Hall–Kier alpha value is 0.829. The molecule has 10 rings (SSSR count). The van der Waals surface area contributed by atoms with Crippen LogP contribution in [0.4, 0.5) is 0 Å². The van der Waals surface area contributed by atoms with Crippen LogP contribution in [0, 0.1) is 0 Å². The van der Waals surface area contributed by atoms with E-state index in [1.54, 1.807) is 0 Å². The fraction of sp³-hybridized carbons (Fsp3) is 1.00. The molecule has 0 amide bonds. The van der Waals surface area contributed by atoms with Gasteiger partial charge in [0.2, 0.25) is 0 Å². The molecular weight excluding hydrogens is 284 g/mol. The molecule has 4 unspecified atom stereocenters. The fourth-order valence-corrected chi connectivity index (χ4v) is 100. The summed E-state index contributed by atoms with van der Waals surface area (Å²) in [6, 6.07) is 0. The fourth-order valence-electron chi connectivity index (χ4n) is 16.7. The van der Waals surface area contributed by atoms with Crippen molar-refractivity contribution in [3.05, 3.63) is 0 Å². The van der Waals surface area contributed by atoms with E-state index in [1.165, 1.54) is 43.3 Å². The zero-order valence-corrected chi connectivity index (χ0v) is 13.3. The Kier molecular flexibility index (Phi) is 0.317. The standard InChI is InChI=1S/C9H13S.C5H5.CH4O.Fe/c1-9(2,3)10-8-6-4-5-7-8;1-2-4-5-3-1;1-2;/h4-7H,1-3H3;1-5H;2H,1H3;. The molecule has 18 heavy (non-hydrogen) atoms. The van der Waals surface area contributed by atoms with Gasteiger partial charge in [0.05, 0.1) is 0 Å². The molecule has 10 fully saturated rings. The number of thioether (sulfide) groups is 1. The monoisotopic (exact) mass is 306 g/mol. The quantitative estimate of drug-likeness (QED) is 0.724. The predicted octanol–water partition coefficient (Wildman–Crippen LogP) is 4.42. The minimum absolute atomic E-state index is 0.567. The van der Waals surface area contributed by atoms with Crippen molar-refractivity contribution in [2.45, 2.75) is 72.5 Å². The van der Waals surface area contributed by atoms with Crippen LogP contribution in [-0.2, 0) is 6.51 Å². The maximum Gasteiger partial charge on any atom is 0.0319 e. The average Bonchev–Trinajstić information content (AvgIpc) is 3.24. The largest absolute Gasteiger partial charge is 0.400 e. The number of fused-ring (bicyclic) bond motifs is 10. The van der Waals surface area contributed by atoms with Gasteiger partial charge in [0.1, 0.15) is 0 Å². The second-order valence-corrected chi connectivity index (χ2v) is 37.8. The van der Waals surface area contributed by atoms with E-state index >= 15 is 0 Å². The van der Waals surface area contributed by atoms with Gasteiger partial charge in [0, 0.05) is 7.11 Å². The molecule has 0 aromatic rings. The van der Waals surface area contributed by atoms with Crippen LogP contribution in [0.15, 0.2) is 0 Å². The van der Waals surface area contributed by atoms with Crippen molar-refractivity contribution in [3.63, 3.8) is 0 Å². The maximum atomic E-state index is 7.00. The van der Waals surface area contributed by atoms with Crippen LogP contribution >= 0.6 is 11.8 Å². The summed E-state index contributed by atoms with van der Waals surface area (Å²) in [5, 5.41) is 7.00. The summed E-state index contributed by atoms with van der Waals surface area (Å²) in [5.41, 5.74) is 0. The minimum Gasteiger partial charge on any atom is -0.400 e. The molecule has 0 aromatic heterocycles. The first-order valence-corrected chi connectivity index (χ1v) is 14.7. The van der Waals surface area contributed by atoms with Crippen molar-refractivity contribution >= 4 is 11.8 Å². The second kappa shape index (κ2) is 0.685. The van der Waals surface area contributed by atoms with E-state index in [0.717, 1.165) is 10.8 Å². The van der Waals surface area contributed by atoms with Crippen molar-refractivity contribution < 1.29 is 11.6 Å². The third kappa shape index (κ3) is 0.0873. The van der Waals surface area contributed by atoms with Gasteiger partial charge >= 0.3 is 90.8 Å². The van der Waals surface area contributed by atoms with Gasteiger partial charge in [-0.05, 0) is 0 Å². The van der Waals surface area contributed by atoms with E-state index in [9.17, 15) is 0 Å². The summed E-state index contributed by atoms with van der Waals surface area (Å²) in [6.45, 7) is 4.82.